The quantitative estimate of drug-likeness (QED) is 0.722. The lowest BCUT2D eigenvalue weighted by atomic mass is 9.92. The number of benzene rings is 1. The fourth-order valence-electron chi connectivity index (χ4n) is 2.72. The second-order valence-corrected chi connectivity index (χ2v) is 4.87. The van der Waals surface area contributed by atoms with Crippen LogP contribution in [0.3, 0.4) is 0 Å². The highest BCUT2D eigenvalue weighted by atomic mass is 16.2. The molecule has 1 saturated heterocycles. The van der Waals surface area contributed by atoms with Gasteiger partial charge in [-0.05, 0) is 42.9 Å². The van der Waals surface area contributed by atoms with E-state index in [0.29, 0.717) is 0 Å². The van der Waals surface area contributed by atoms with Crippen LogP contribution < -0.4 is 0 Å². The molecule has 0 spiro atoms. The van der Waals surface area contributed by atoms with Crippen molar-refractivity contribution >= 4 is 12.0 Å². The normalized spacial score (nSPS) is 18.8. The van der Waals surface area contributed by atoms with Gasteiger partial charge in [-0.15, -0.1) is 0 Å². The molecular weight excluding hydrogens is 210 g/mol. The Morgan fingerprint density at radius 1 is 1.06 bits per heavy atom. The lowest BCUT2D eigenvalue weighted by molar-refractivity contribution is -0.126. The molecule has 1 amide bonds. The minimum Gasteiger partial charge on any atom is -0.339 e. The first-order valence-corrected chi connectivity index (χ1v) is 6.42. The zero-order valence-electron chi connectivity index (χ0n) is 9.98. The van der Waals surface area contributed by atoms with Crippen LogP contribution in [0.4, 0.5) is 0 Å². The monoisotopic (exact) mass is 227 g/mol. The van der Waals surface area contributed by atoms with Gasteiger partial charge in [-0.3, -0.25) is 4.79 Å². The molecule has 1 aromatic rings. The number of carbonyl (C=O) groups is 1. The zero-order valence-corrected chi connectivity index (χ0v) is 9.98. The maximum absolute atomic E-state index is 12.3. The highest BCUT2D eigenvalue weighted by molar-refractivity contribution is 5.98. The number of aryl methyl sites for hydroxylation is 1. The van der Waals surface area contributed by atoms with Gasteiger partial charge in [0.1, 0.15) is 0 Å². The van der Waals surface area contributed by atoms with Gasteiger partial charge in [0.25, 0.3) is 0 Å². The summed E-state index contributed by atoms with van der Waals surface area (Å²) in [5, 5.41) is 0. The van der Waals surface area contributed by atoms with E-state index in [4.69, 9.17) is 0 Å². The minimum atomic E-state index is 0.261. The summed E-state index contributed by atoms with van der Waals surface area (Å²) in [5.74, 6) is 0.261. The standard InChI is InChI=1S/C15H17NO/c17-15(16-9-3-4-10-16)14-8-7-12-5-1-2-6-13(12)11-14/h1-2,5-6,11H,3-4,7-10H2. The molecule has 2 heteroatoms. The first-order valence-electron chi connectivity index (χ1n) is 6.42. The third kappa shape index (κ3) is 1.99. The van der Waals surface area contributed by atoms with Crippen molar-refractivity contribution in [1.29, 1.82) is 0 Å². The van der Waals surface area contributed by atoms with Crippen LogP contribution in [-0.4, -0.2) is 23.9 Å². The van der Waals surface area contributed by atoms with Gasteiger partial charge in [-0.2, -0.15) is 0 Å². The summed E-state index contributed by atoms with van der Waals surface area (Å²) in [6, 6.07) is 8.37. The molecule has 1 aliphatic heterocycles. The maximum atomic E-state index is 12.3. The van der Waals surface area contributed by atoms with Crippen LogP contribution in [-0.2, 0) is 11.2 Å². The lowest BCUT2D eigenvalue weighted by Crippen LogP contribution is -2.29. The third-order valence-electron chi connectivity index (χ3n) is 3.72. The summed E-state index contributed by atoms with van der Waals surface area (Å²) in [5.41, 5.74) is 3.58. The summed E-state index contributed by atoms with van der Waals surface area (Å²) < 4.78 is 0. The number of fused-ring (bicyclic) bond motifs is 1. The van der Waals surface area contributed by atoms with Crippen molar-refractivity contribution in [3.8, 4) is 0 Å². The van der Waals surface area contributed by atoms with Crippen LogP contribution in [0.5, 0.6) is 0 Å². The Kier molecular flexibility index (Phi) is 2.71. The second-order valence-electron chi connectivity index (χ2n) is 4.87. The van der Waals surface area contributed by atoms with Gasteiger partial charge in [-0.1, -0.05) is 24.3 Å². The van der Waals surface area contributed by atoms with Crippen LogP contribution in [0, 0.1) is 0 Å². The molecule has 0 radical (unpaired) electrons. The van der Waals surface area contributed by atoms with Gasteiger partial charge in [0.2, 0.25) is 5.91 Å². The molecule has 1 aliphatic carbocycles. The minimum absolute atomic E-state index is 0.261. The van der Waals surface area contributed by atoms with Crippen molar-refractivity contribution in [3.63, 3.8) is 0 Å². The molecule has 0 saturated carbocycles. The number of amides is 1. The van der Waals surface area contributed by atoms with E-state index in [1.807, 2.05) is 11.0 Å². The van der Waals surface area contributed by atoms with E-state index in [2.05, 4.69) is 24.3 Å². The van der Waals surface area contributed by atoms with Crippen LogP contribution in [0.25, 0.3) is 6.08 Å². The van der Waals surface area contributed by atoms with Crippen LogP contribution in [0.1, 0.15) is 30.4 Å². The Morgan fingerprint density at radius 2 is 1.82 bits per heavy atom. The van der Waals surface area contributed by atoms with Crippen molar-refractivity contribution < 1.29 is 4.79 Å². The fourth-order valence-corrected chi connectivity index (χ4v) is 2.72. The molecule has 0 aromatic heterocycles. The predicted octanol–water partition coefficient (Wildman–Crippen LogP) is 2.64. The lowest BCUT2D eigenvalue weighted by Gasteiger charge is -2.21. The summed E-state index contributed by atoms with van der Waals surface area (Å²) in [6.07, 6.45) is 6.30. The van der Waals surface area contributed by atoms with Crippen molar-refractivity contribution in [1.82, 2.24) is 4.90 Å². The van der Waals surface area contributed by atoms with Gasteiger partial charge in [-0.25, -0.2) is 0 Å². The molecule has 2 aliphatic rings. The second kappa shape index (κ2) is 4.36. The molecule has 1 fully saturated rings. The van der Waals surface area contributed by atoms with Crippen LogP contribution in [0.2, 0.25) is 0 Å². The molecule has 17 heavy (non-hydrogen) atoms. The number of hydrogen-bond acceptors (Lipinski definition) is 1. The molecule has 0 N–H and O–H groups in total. The van der Waals surface area contributed by atoms with Crippen molar-refractivity contribution in [2.75, 3.05) is 13.1 Å². The number of nitrogens with zero attached hydrogens (tertiary/aromatic N) is 1. The van der Waals surface area contributed by atoms with Crippen molar-refractivity contribution in [2.45, 2.75) is 25.7 Å². The van der Waals surface area contributed by atoms with Gasteiger partial charge >= 0.3 is 0 Å². The van der Waals surface area contributed by atoms with Gasteiger partial charge < -0.3 is 4.90 Å². The summed E-state index contributed by atoms with van der Waals surface area (Å²) >= 11 is 0. The molecular formula is C15H17NO. The molecule has 1 aromatic carbocycles. The molecule has 0 atom stereocenters. The zero-order chi connectivity index (χ0) is 11.7. The van der Waals surface area contributed by atoms with Crippen LogP contribution in [0.15, 0.2) is 29.8 Å². The maximum Gasteiger partial charge on any atom is 0.249 e. The molecule has 0 unspecified atom stereocenters. The fraction of sp³-hybridized carbons (Fsp3) is 0.400. The van der Waals surface area contributed by atoms with E-state index in [1.54, 1.807) is 0 Å². The molecule has 2 nitrogen and oxygen atoms in total. The Hall–Kier alpha value is -1.57. The van der Waals surface area contributed by atoms with Crippen molar-refractivity contribution in [3.05, 3.63) is 41.0 Å². The predicted molar refractivity (Wildman–Crippen MR) is 68.6 cm³/mol. The van der Waals surface area contributed by atoms with E-state index in [9.17, 15) is 4.79 Å². The highest BCUT2D eigenvalue weighted by Crippen LogP contribution is 2.25. The van der Waals surface area contributed by atoms with Gasteiger partial charge in [0, 0.05) is 18.7 Å². The van der Waals surface area contributed by atoms with Crippen LogP contribution >= 0.6 is 0 Å². The summed E-state index contributed by atoms with van der Waals surface area (Å²) in [6.45, 7) is 1.88. The molecule has 0 bridgehead atoms. The SMILES string of the molecule is O=C(C1=Cc2ccccc2CC1)N1CCCC1. The number of carbonyl (C=O) groups excluding carboxylic acids is 1. The largest absolute Gasteiger partial charge is 0.339 e. The summed E-state index contributed by atoms with van der Waals surface area (Å²) in [4.78, 5) is 14.3. The number of hydrogen-bond donors (Lipinski definition) is 0. The Balaban J connectivity index is 1.85. The Bertz CT molecular complexity index is 470. The van der Waals surface area contributed by atoms with E-state index in [0.717, 1.165) is 44.3 Å². The van der Waals surface area contributed by atoms with Gasteiger partial charge in [0.15, 0.2) is 0 Å². The van der Waals surface area contributed by atoms with Crippen molar-refractivity contribution in [2.24, 2.45) is 0 Å². The molecule has 3 rings (SSSR count). The molecule has 88 valence electrons. The van der Waals surface area contributed by atoms with E-state index in [-0.39, 0.29) is 5.91 Å². The highest BCUT2D eigenvalue weighted by Gasteiger charge is 2.23. The molecule has 1 heterocycles. The number of likely N-dealkylation sites (tertiary alicyclic amines) is 1. The number of rotatable bonds is 1. The van der Waals surface area contributed by atoms with E-state index in [1.165, 1.54) is 11.1 Å². The Morgan fingerprint density at radius 3 is 2.65 bits per heavy atom. The average molecular weight is 227 g/mol. The smallest absolute Gasteiger partial charge is 0.249 e. The first-order chi connectivity index (χ1) is 8.34. The summed E-state index contributed by atoms with van der Waals surface area (Å²) in [7, 11) is 0. The van der Waals surface area contributed by atoms with E-state index < -0.39 is 0 Å². The third-order valence-corrected chi connectivity index (χ3v) is 3.72. The first kappa shape index (κ1) is 10.6. The van der Waals surface area contributed by atoms with E-state index >= 15 is 0 Å². The average Bonchev–Trinajstić information content (AvgIpc) is 2.91. The van der Waals surface area contributed by atoms with Gasteiger partial charge in [0.05, 0.1) is 0 Å². The topological polar surface area (TPSA) is 20.3 Å². The Labute approximate surface area is 102 Å².